The lowest BCUT2D eigenvalue weighted by molar-refractivity contribution is -0.151. The Hall–Kier alpha value is -2.24. The standard InChI is InChI=1S/C18H21FN2O3/c19-14-5-3-13(4-6-14)15(22)7-8-16(23)21-12-11-20-17(24)18(21)9-1-2-10-18/h3-6H,1-2,7-12H2,(H,20,24). The molecule has 2 aliphatic rings. The lowest BCUT2D eigenvalue weighted by atomic mass is 9.91. The van der Waals surface area contributed by atoms with Crippen LogP contribution in [-0.4, -0.2) is 41.1 Å². The number of amides is 2. The van der Waals surface area contributed by atoms with Crippen LogP contribution in [-0.2, 0) is 9.59 Å². The van der Waals surface area contributed by atoms with Crippen LogP contribution in [0.25, 0.3) is 0 Å². The van der Waals surface area contributed by atoms with Crippen molar-refractivity contribution < 1.29 is 18.8 Å². The smallest absolute Gasteiger partial charge is 0.246 e. The molecule has 2 fully saturated rings. The molecule has 1 saturated heterocycles. The lowest BCUT2D eigenvalue weighted by Crippen LogP contribution is -2.65. The zero-order valence-corrected chi connectivity index (χ0v) is 13.5. The van der Waals surface area contributed by atoms with Crippen LogP contribution in [0.3, 0.4) is 0 Å². The molecule has 1 aliphatic heterocycles. The van der Waals surface area contributed by atoms with E-state index in [2.05, 4.69) is 5.32 Å². The fourth-order valence-electron chi connectivity index (χ4n) is 3.74. The first-order chi connectivity index (χ1) is 11.5. The van der Waals surface area contributed by atoms with E-state index in [9.17, 15) is 18.8 Å². The summed E-state index contributed by atoms with van der Waals surface area (Å²) in [6, 6.07) is 5.32. The molecule has 1 saturated carbocycles. The summed E-state index contributed by atoms with van der Waals surface area (Å²) in [5, 5.41) is 2.86. The number of ketones is 1. The molecule has 1 aliphatic carbocycles. The Morgan fingerprint density at radius 3 is 2.46 bits per heavy atom. The zero-order chi connectivity index (χ0) is 17.2. The van der Waals surface area contributed by atoms with E-state index < -0.39 is 11.4 Å². The third-order valence-electron chi connectivity index (χ3n) is 5.02. The Labute approximate surface area is 140 Å². The van der Waals surface area contributed by atoms with E-state index in [0.717, 1.165) is 12.8 Å². The molecule has 6 heteroatoms. The molecule has 3 rings (SSSR count). The van der Waals surface area contributed by atoms with E-state index in [1.807, 2.05) is 0 Å². The molecular weight excluding hydrogens is 311 g/mol. The Bertz CT molecular complexity index is 651. The number of carbonyl (C=O) groups is 3. The molecule has 0 atom stereocenters. The van der Waals surface area contributed by atoms with Crippen LogP contribution in [0.15, 0.2) is 24.3 Å². The Balaban J connectivity index is 1.64. The van der Waals surface area contributed by atoms with Gasteiger partial charge in [0.2, 0.25) is 11.8 Å². The molecule has 1 aromatic carbocycles. The number of nitrogens with zero attached hydrogens (tertiary/aromatic N) is 1. The Kier molecular flexibility index (Phi) is 4.64. The second-order valence-corrected chi connectivity index (χ2v) is 6.47. The third kappa shape index (κ3) is 3.05. The summed E-state index contributed by atoms with van der Waals surface area (Å²) in [6.45, 7) is 0.952. The van der Waals surface area contributed by atoms with Crippen LogP contribution in [0.1, 0.15) is 48.9 Å². The quantitative estimate of drug-likeness (QED) is 0.858. The van der Waals surface area contributed by atoms with Crippen LogP contribution >= 0.6 is 0 Å². The molecule has 0 radical (unpaired) electrons. The second-order valence-electron chi connectivity index (χ2n) is 6.47. The number of carbonyl (C=O) groups excluding carboxylic acids is 3. The van der Waals surface area contributed by atoms with E-state index in [1.165, 1.54) is 24.3 Å². The number of piperazine rings is 1. The van der Waals surface area contributed by atoms with Crippen molar-refractivity contribution in [2.24, 2.45) is 0 Å². The number of halogens is 1. The van der Waals surface area contributed by atoms with Crippen molar-refractivity contribution in [3.8, 4) is 0 Å². The summed E-state index contributed by atoms with van der Waals surface area (Å²) in [5.41, 5.74) is -0.315. The van der Waals surface area contributed by atoms with Gasteiger partial charge in [0.1, 0.15) is 11.4 Å². The summed E-state index contributed by atoms with van der Waals surface area (Å²) < 4.78 is 12.9. The number of nitrogens with one attached hydrogen (secondary N) is 1. The number of hydrogen-bond donors (Lipinski definition) is 1. The SMILES string of the molecule is O=C(CCC(=O)N1CCNC(=O)C12CCCC2)c1ccc(F)cc1. The largest absolute Gasteiger partial charge is 0.352 e. The molecule has 0 unspecified atom stereocenters. The zero-order valence-electron chi connectivity index (χ0n) is 13.5. The van der Waals surface area contributed by atoms with Crippen LogP contribution in [0.4, 0.5) is 4.39 Å². The minimum Gasteiger partial charge on any atom is -0.352 e. The maximum atomic E-state index is 12.9. The summed E-state index contributed by atoms with van der Waals surface area (Å²) in [7, 11) is 0. The average Bonchev–Trinajstić information content (AvgIpc) is 3.06. The van der Waals surface area contributed by atoms with Gasteiger partial charge < -0.3 is 10.2 Å². The van der Waals surface area contributed by atoms with Gasteiger partial charge in [-0.2, -0.15) is 0 Å². The predicted molar refractivity (Wildman–Crippen MR) is 85.9 cm³/mol. The first-order valence-corrected chi connectivity index (χ1v) is 8.40. The van der Waals surface area contributed by atoms with E-state index >= 15 is 0 Å². The lowest BCUT2D eigenvalue weighted by Gasteiger charge is -2.43. The van der Waals surface area contributed by atoms with E-state index in [4.69, 9.17) is 0 Å². The van der Waals surface area contributed by atoms with Gasteiger partial charge in [-0.3, -0.25) is 14.4 Å². The minimum atomic E-state index is -0.714. The van der Waals surface area contributed by atoms with Crippen LogP contribution in [0.5, 0.6) is 0 Å². The molecule has 24 heavy (non-hydrogen) atoms. The molecule has 0 bridgehead atoms. The number of benzene rings is 1. The van der Waals surface area contributed by atoms with Gasteiger partial charge in [-0.15, -0.1) is 0 Å². The van der Waals surface area contributed by atoms with Crippen LogP contribution in [0, 0.1) is 5.82 Å². The van der Waals surface area contributed by atoms with Gasteiger partial charge in [-0.1, -0.05) is 12.8 Å². The third-order valence-corrected chi connectivity index (χ3v) is 5.02. The van der Waals surface area contributed by atoms with Gasteiger partial charge in [0.25, 0.3) is 0 Å². The van der Waals surface area contributed by atoms with Crippen LogP contribution in [0.2, 0.25) is 0 Å². The molecule has 1 spiro atoms. The van der Waals surface area contributed by atoms with Crippen molar-refractivity contribution >= 4 is 17.6 Å². The highest BCUT2D eigenvalue weighted by Crippen LogP contribution is 2.37. The average molecular weight is 332 g/mol. The fourth-order valence-corrected chi connectivity index (χ4v) is 3.74. The summed E-state index contributed by atoms with van der Waals surface area (Å²) >= 11 is 0. The van der Waals surface area contributed by atoms with Gasteiger partial charge in [-0.25, -0.2) is 4.39 Å². The van der Waals surface area contributed by atoms with Gasteiger partial charge in [-0.05, 0) is 37.1 Å². The maximum absolute atomic E-state index is 12.9. The van der Waals surface area contributed by atoms with E-state index in [-0.39, 0.29) is 30.4 Å². The van der Waals surface area contributed by atoms with Crippen molar-refractivity contribution in [1.29, 1.82) is 0 Å². The highest BCUT2D eigenvalue weighted by molar-refractivity contribution is 5.99. The molecule has 1 aromatic rings. The van der Waals surface area contributed by atoms with Gasteiger partial charge in [0.05, 0.1) is 0 Å². The summed E-state index contributed by atoms with van der Waals surface area (Å²) in [4.78, 5) is 38.8. The topological polar surface area (TPSA) is 66.5 Å². The second kappa shape index (κ2) is 6.71. The number of rotatable bonds is 4. The molecule has 2 amide bonds. The van der Waals surface area contributed by atoms with Crippen molar-refractivity contribution in [2.75, 3.05) is 13.1 Å². The molecule has 1 heterocycles. The normalized spacial score (nSPS) is 19.4. The summed E-state index contributed by atoms with van der Waals surface area (Å²) in [5.74, 6) is -0.804. The van der Waals surface area contributed by atoms with Gasteiger partial charge >= 0.3 is 0 Å². The Morgan fingerprint density at radius 2 is 1.79 bits per heavy atom. The minimum absolute atomic E-state index is 0.0653. The van der Waals surface area contributed by atoms with Crippen molar-refractivity contribution in [3.63, 3.8) is 0 Å². The number of Topliss-reactive ketones (excluding diaryl/α,β-unsaturated/α-hetero) is 1. The van der Waals surface area contributed by atoms with Gasteiger partial charge in [0, 0.05) is 31.5 Å². The first-order valence-electron chi connectivity index (χ1n) is 8.40. The highest BCUT2D eigenvalue weighted by Gasteiger charge is 2.49. The Morgan fingerprint density at radius 1 is 1.12 bits per heavy atom. The summed E-state index contributed by atoms with van der Waals surface area (Å²) in [6.07, 6.45) is 3.40. The predicted octanol–water partition coefficient (Wildman–Crippen LogP) is 2.06. The molecule has 5 nitrogen and oxygen atoms in total. The van der Waals surface area contributed by atoms with Crippen molar-refractivity contribution in [2.45, 2.75) is 44.1 Å². The van der Waals surface area contributed by atoms with E-state index in [0.29, 0.717) is 31.5 Å². The molecule has 0 aromatic heterocycles. The van der Waals surface area contributed by atoms with Gasteiger partial charge in [0.15, 0.2) is 5.78 Å². The monoisotopic (exact) mass is 332 g/mol. The highest BCUT2D eigenvalue weighted by atomic mass is 19.1. The van der Waals surface area contributed by atoms with Crippen molar-refractivity contribution in [3.05, 3.63) is 35.6 Å². The first kappa shape index (κ1) is 16.6. The number of hydrogen-bond acceptors (Lipinski definition) is 3. The fraction of sp³-hybridized carbons (Fsp3) is 0.500. The van der Waals surface area contributed by atoms with Crippen molar-refractivity contribution in [1.82, 2.24) is 10.2 Å². The van der Waals surface area contributed by atoms with E-state index in [1.54, 1.807) is 4.90 Å². The van der Waals surface area contributed by atoms with Crippen LogP contribution < -0.4 is 5.32 Å². The maximum Gasteiger partial charge on any atom is 0.246 e. The molecule has 1 N–H and O–H groups in total. The molecular formula is C18H21FN2O3. The molecule has 128 valence electrons.